The van der Waals surface area contributed by atoms with Gasteiger partial charge in [0, 0.05) is 86.9 Å². The van der Waals surface area contributed by atoms with E-state index in [1.807, 2.05) is 231 Å². The summed E-state index contributed by atoms with van der Waals surface area (Å²) in [5.41, 5.74) is 26.7. The number of fused-ring (bicyclic) bond motifs is 18. The molecule has 16 aromatic carbocycles. The first kappa shape index (κ1) is 87.5. The molecule has 0 aliphatic heterocycles. The number of nitrogens with zero attached hydrogens (tertiary/aromatic N) is 19. The Bertz CT molecular complexity index is 10400. The predicted octanol–water partition coefficient (Wildman–Crippen LogP) is 30.3. The van der Waals surface area contributed by atoms with Gasteiger partial charge in [0.05, 0.1) is 177 Å². The van der Waals surface area contributed by atoms with E-state index in [1.54, 1.807) is 30.3 Å². The molecule has 0 saturated heterocycles. The van der Waals surface area contributed by atoms with Crippen LogP contribution in [-0.4, -0.2) is 52.3 Å². The molecule has 0 radical (unpaired) electrons. The van der Waals surface area contributed by atoms with Crippen LogP contribution in [0.3, 0.4) is 0 Å². The van der Waals surface area contributed by atoms with Crippen molar-refractivity contribution in [2.75, 3.05) is 0 Å². The summed E-state index contributed by atoms with van der Waals surface area (Å²) in [4.78, 5) is 30.1. The topological polar surface area (TPSA) is 265 Å². The van der Waals surface area contributed by atoms with Crippen molar-refractivity contribution in [2.45, 2.75) is 0 Å². The third kappa shape index (κ3) is 15.1. The van der Waals surface area contributed by atoms with Crippen LogP contribution in [0.4, 0.5) is 5.69 Å². The summed E-state index contributed by atoms with van der Waals surface area (Å²) in [5.74, 6) is 4.33. The van der Waals surface area contributed by atoms with Crippen LogP contribution in [0.15, 0.2) is 431 Å². The molecule has 0 fully saturated rings. The molecule has 11 heterocycles. The van der Waals surface area contributed by atoms with Crippen LogP contribution >= 0.6 is 0 Å². The molecule has 0 unspecified atom stereocenters. The highest BCUT2D eigenvalue weighted by atomic mass is 15.2. The van der Waals surface area contributed by atoms with Crippen LogP contribution in [0.25, 0.3) is 238 Å². The van der Waals surface area contributed by atoms with Gasteiger partial charge >= 0.3 is 0 Å². The molecule has 0 N–H and O–H groups in total. The van der Waals surface area contributed by atoms with Gasteiger partial charge in [-0.15, -0.1) is 0 Å². The molecule has 19 heteroatoms. The lowest BCUT2D eigenvalue weighted by molar-refractivity contribution is 1.01. The lowest BCUT2D eigenvalue weighted by atomic mass is 9.98. The van der Waals surface area contributed by atoms with E-state index in [4.69, 9.17) is 31.5 Å². The Hall–Kier alpha value is -22.0. The van der Waals surface area contributed by atoms with Crippen molar-refractivity contribution in [3.63, 3.8) is 0 Å². The molecule has 27 aromatic rings. The fourth-order valence-corrected chi connectivity index (χ4v) is 20.9. The molecule has 0 spiro atoms. The van der Waals surface area contributed by atoms with Crippen molar-refractivity contribution in [3.05, 3.63) is 481 Å². The number of hydrogen-bond acceptors (Lipinski definition) is 12. The summed E-state index contributed by atoms with van der Waals surface area (Å²) in [6, 6.07) is 158. The number of benzene rings is 16. The Labute approximate surface area is 845 Å². The van der Waals surface area contributed by atoms with Crippen molar-refractivity contribution in [1.29, 1.82) is 36.8 Å². The van der Waals surface area contributed by atoms with Crippen LogP contribution in [0.2, 0.25) is 0 Å². The van der Waals surface area contributed by atoms with Crippen LogP contribution in [0.5, 0.6) is 0 Å². The number of nitriles is 7. The van der Waals surface area contributed by atoms with Gasteiger partial charge in [0.1, 0.15) is 34.9 Å². The fourth-order valence-electron chi connectivity index (χ4n) is 20.9. The SMILES string of the molecule is N#Cc1ccc(-c2cccc(-c3cc(-n4c5ccccc5c5ccccc54)nc(-n4c5ccc(C#N)cc5c5cc(C#N)ccc54)c3)n2)cc1.N#Cc1cccc(-c2cccc(-c3cc(-n4c5ccccc5c5ccccc54)nc(-n4c5ccc(C#N)cc5c5cc(C#N)ccc54)c3)n2)c1.[C-]#[N+]c1ccccc1-c1cccc(-c2cc(-n3c4ccccc4c4ccccc43)nc(-n3c4ccccc4c4cc(C#N)ccc43)c2)c1. The third-order valence-corrected chi connectivity index (χ3v) is 27.6. The van der Waals surface area contributed by atoms with E-state index in [0.29, 0.717) is 62.1 Å². The van der Waals surface area contributed by atoms with Gasteiger partial charge in [-0.1, -0.05) is 206 Å². The first-order chi connectivity index (χ1) is 73.0. The van der Waals surface area contributed by atoms with Crippen molar-refractivity contribution in [1.82, 2.24) is 52.3 Å². The first-order valence-electron chi connectivity index (χ1n) is 47.7. The highest BCUT2D eigenvalue weighted by Gasteiger charge is 2.27. The second kappa shape index (κ2) is 36.3. The van der Waals surface area contributed by atoms with Crippen LogP contribution in [0.1, 0.15) is 38.9 Å². The van der Waals surface area contributed by atoms with E-state index >= 15 is 0 Å². The molecule has 0 saturated carbocycles. The second-order valence-electron chi connectivity index (χ2n) is 36.0. The number of hydrogen-bond donors (Lipinski definition) is 0. The molecular weight excluding hydrogens is 1820 g/mol. The summed E-state index contributed by atoms with van der Waals surface area (Å²) in [5, 5.41) is 79.9. The molecule has 0 aliphatic rings. The number of para-hydroxylation sites is 8. The average molecular weight is 1890 g/mol. The first-order valence-corrected chi connectivity index (χ1v) is 47.7. The predicted molar refractivity (Wildman–Crippen MR) is 586 cm³/mol. The van der Waals surface area contributed by atoms with Gasteiger partial charge in [0.15, 0.2) is 5.69 Å². The molecule has 0 bridgehead atoms. The zero-order valence-corrected chi connectivity index (χ0v) is 78.5. The Balaban J connectivity index is 0.000000115. The van der Waals surface area contributed by atoms with Crippen LogP contribution in [0, 0.1) is 85.9 Å². The lowest BCUT2D eigenvalue weighted by Crippen LogP contribution is -2.05. The Morgan fingerprint density at radius 2 is 0.412 bits per heavy atom. The maximum atomic E-state index is 9.76. The van der Waals surface area contributed by atoms with Gasteiger partial charge in [0.2, 0.25) is 0 Å². The highest BCUT2D eigenvalue weighted by molar-refractivity contribution is 6.15. The smallest absolute Gasteiger partial charge is 0.194 e. The van der Waals surface area contributed by atoms with Crippen molar-refractivity contribution < 1.29 is 0 Å². The minimum absolute atomic E-state index is 0.535. The molecule has 0 atom stereocenters. The summed E-state index contributed by atoms with van der Waals surface area (Å²) in [6.07, 6.45) is 0. The van der Waals surface area contributed by atoms with Crippen molar-refractivity contribution >= 4 is 137 Å². The molecule has 0 amide bonds. The molecule has 682 valence electrons. The minimum Gasteiger partial charge on any atom is -0.294 e. The van der Waals surface area contributed by atoms with Crippen molar-refractivity contribution in [3.8, 4) is 145 Å². The fraction of sp³-hybridized carbons (Fsp3) is 0. The van der Waals surface area contributed by atoms with Crippen molar-refractivity contribution in [2.24, 2.45) is 0 Å². The Morgan fingerprint density at radius 3 is 0.743 bits per heavy atom. The lowest BCUT2D eigenvalue weighted by Gasteiger charge is -2.15. The van der Waals surface area contributed by atoms with Gasteiger partial charge < -0.3 is 0 Å². The van der Waals surface area contributed by atoms with Crippen LogP contribution < -0.4 is 0 Å². The van der Waals surface area contributed by atoms with Gasteiger partial charge in [-0.05, 0) is 247 Å². The average Bonchev–Trinajstić information content (AvgIpc) is 1.58. The molecule has 11 aromatic heterocycles. The van der Waals surface area contributed by atoms with Gasteiger partial charge in [0.25, 0.3) is 0 Å². The quantitative estimate of drug-likeness (QED) is 0.103. The minimum atomic E-state index is 0.535. The zero-order valence-electron chi connectivity index (χ0n) is 78.5. The molecule has 19 nitrogen and oxygen atoms in total. The maximum absolute atomic E-state index is 9.76. The van der Waals surface area contributed by atoms with Gasteiger partial charge in [-0.25, -0.2) is 29.8 Å². The molecule has 0 aliphatic carbocycles. The summed E-state index contributed by atoms with van der Waals surface area (Å²) in [6.45, 7) is 7.75. The van der Waals surface area contributed by atoms with E-state index in [1.165, 1.54) is 10.8 Å². The summed E-state index contributed by atoms with van der Waals surface area (Å²) in [7, 11) is 0. The highest BCUT2D eigenvalue weighted by Crippen LogP contribution is 2.45. The number of rotatable bonds is 12. The monoisotopic (exact) mass is 1890 g/mol. The van der Waals surface area contributed by atoms with Gasteiger partial charge in [-0.3, -0.25) is 27.4 Å². The van der Waals surface area contributed by atoms with Gasteiger partial charge in [-0.2, -0.15) is 36.8 Å². The summed E-state index contributed by atoms with van der Waals surface area (Å²) < 4.78 is 13.0. The molecule has 27 rings (SSSR count). The standard InChI is InChI=1S/2C43H23N7.C43H25N5/c44-24-27-7-5-8-30(19-27)36-11-6-12-37(47-36)31-22-42(49-38-13-3-1-9-32(38)33-10-2-4-14-39(33)49)48-43(23-31)50-40-17-15-28(25-45)20-34(40)35-21-29(26-46)16-18-41(35)50;44-24-27-12-16-30(17-13-27)36-8-5-9-37(47-36)31-22-42(49-38-10-3-1-6-32(38)33-7-2-4-11-39(33)49)48-43(23-31)50-40-18-14-28(25-45)20-34(40)35-21-29(26-46)15-19-41(35)50;1-45-37-17-6-2-13-32(37)30-12-10-11-29(24-30)31-25-42(47-38-18-7-3-14-33(38)34-15-4-8-19-39(34)47)46-43(26-31)48-40-20-9-5-16-35(40)36-23-28(27-44)21-22-41(36)48/h2*1-23H;2-26H. The maximum Gasteiger partial charge on any atom is 0.194 e. The normalized spacial score (nSPS) is 11.2. The molecular formula is C129H71N19. The Kier molecular flexibility index (Phi) is 21.5. The van der Waals surface area contributed by atoms with E-state index in [2.05, 4.69) is 245 Å². The number of pyridine rings is 5. The molecule has 148 heavy (non-hydrogen) atoms. The van der Waals surface area contributed by atoms with E-state index in [9.17, 15) is 36.8 Å². The second-order valence-corrected chi connectivity index (χ2v) is 36.0. The zero-order chi connectivity index (χ0) is 99.7. The van der Waals surface area contributed by atoms with E-state index in [0.717, 1.165) is 205 Å². The third-order valence-electron chi connectivity index (χ3n) is 27.6. The van der Waals surface area contributed by atoms with E-state index in [-0.39, 0.29) is 0 Å². The van der Waals surface area contributed by atoms with E-state index < -0.39 is 0 Å². The Morgan fingerprint density at radius 1 is 0.169 bits per heavy atom. The number of aromatic nitrogens is 11. The largest absolute Gasteiger partial charge is 0.294 e. The summed E-state index contributed by atoms with van der Waals surface area (Å²) >= 11 is 0. The van der Waals surface area contributed by atoms with Crippen LogP contribution in [-0.2, 0) is 0 Å².